The van der Waals surface area contributed by atoms with Gasteiger partial charge in [0.25, 0.3) is 0 Å². The molecule has 0 saturated heterocycles. The molecule has 1 N–H and O–H groups in total. The summed E-state index contributed by atoms with van der Waals surface area (Å²) >= 11 is 0. The first-order valence-corrected chi connectivity index (χ1v) is 6.88. The maximum atomic E-state index is 9.42. The molecule has 21 heavy (non-hydrogen) atoms. The topological polar surface area (TPSA) is 47.9 Å². The summed E-state index contributed by atoms with van der Waals surface area (Å²) < 4.78 is 16.7. The molecule has 0 spiro atoms. The molecule has 0 bridgehead atoms. The lowest BCUT2D eigenvalue weighted by atomic mass is 9.92. The molecule has 1 atom stereocenters. The number of phenolic OH excluding ortho intramolecular Hbond substituents is 1. The van der Waals surface area contributed by atoms with Gasteiger partial charge in [0.1, 0.15) is 11.9 Å². The van der Waals surface area contributed by atoms with Crippen LogP contribution in [0.2, 0.25) is 0 Å². The average Bonchev–Trinajstić information content (AvgIpc) is 2.53. The quantitative estimate of drug-likeness (QED) is 0.942. The number of hydrogen-bond donors (Lipinski definition) is 1. The SMILES string of the molecule is COc1cc2c(cc1OC)C(c1ccc(O)cc1)OCC2. The van der Waals surface area contributed by atoms with Crippen molar-refractivity contribution in [1.82, 2.24) is 0 Å². The number of aromatic hydroxyl groups is 1. The zero-order valence-corrected chi connectivity index (χ0v) is 12.1. The van der Waals surface area contributed by atoms with Gasteiger partial charge in [0.2, 0.25) is 0 Å². The Morgan fingerprint density at radius 2 is 1.71 bits per heavy atom. The predicted molar refractivity (Wildman–Crippen MR) is 79.2 cm³/mol. The first-order valence-electron chi connectivity index (χ1n) is 6.88. The number of phenols is 1. The van der Waals surface area contributed by atoms with Crippen LogP contribution in [0.4, 0.5) is 0 Å². The first kappa shape index (κ1) is 13.8. The fourth-order valence-corrected chi connectivity index (χ4v) is 2.70. The van der Waals surface area contributed by atoms with Gasteiger partial charge in [-0.3, -0.25) is 0 Å². The fraction of sp³-hybridized carbons (Fsp3) is 0.294. The van der Waals surface area contributed by atoms with Crippen molar-refractivity contribution in [3.05, 3.63) is 53.1 Å². The molecule has 110 valence electrons. The third kappa shape index (κ3) is 2.54. The van der Waals surface area contributed by atoms with E-state index < -0.39 is 0 Å². The summed E-state index contributed by atoms with van der Waals surface area (Å²) in [4.78, 5) is 0. The highest BCUT2D eigenvalue weighted by Crippen LogP contribution is 2.39. The molecule has 0 aliphatic carbocycles. The van der Waals surface area contributed by atoms with E-state index >= 15 is 0 Å². The van der Waals surface area contributed by atoms with E-state index in [0.29, 0.717) is 12.4 Å². The molecule has 0 saturated carbocycles. The zero-order valence-electron chi connectivity index (χ0n) is 12.1. The van der Waals surface area contributed by atoms with Crippen LogP contribution in [0, 0.1) is 0 Å². The van der Waals surface area contributed by atoms with Crippen molar-refractivity contribution in [3.8, 4) is 17.2 Å². The van der Waals surface area contributed by atoms with Crippen LogP contribution in [0.5, 0.6) is 17.2 Å². The normalized spacial score (nSPS) is 17.1. The smallest absolute Gasteiger partial charge is 0.161 e. The Morgan fingerprint density at radius 3 is 2.38 bits per heavy atom. The molecule has 4 heteroatoms. The Kier molecular flexibility index (Phi) is 3.71. The molecule has 4 nitrogen and oxygen atoms in total. The van der Waals surface area contributed by atoms with Crippen LogP contribution in [-0.4, -0.2) is 25.9 Å². The van der Waals surface area contributed by atoms with Crippen LogP contribution < -0.4 is 9.47 Å². The standard InChI is InChI=1S/C17H18O4/c1-19-15-9-12-7-8-21-17(14(12)10-16(15)20-2)11-3-5-13(18)6-4-11/h3-6,9-10,17-18H,7-8H2,1-2H3. The van der Waals surface area contributed by atoms with Crippen molar-refractivity contribution in [3.63, 3.8) is 0 Å². The van der Waals surface area contributed by atoms with E-state index in [4.69, 9.17) is 14.2 Å². The second-order valence-corrected chi connectivity index (χ2v) is 5.00. The highest BCUT2D eigenvalue weighted by atomic mass is 16.5. The summed E-state index contributed by atoms with van der Waals surface area (Å²) in [5.41, 5.74) is 3.31. The molecule has 0 fully saturated rings. The molecule has 3 rings (SSSR count). The summed E-state index contributed by atoms with van der Waals surface area (Å²) in [6.07, 6.45) is 0.707. The van der Waals surface area contributed by atoms with Crippen LogP contribution in [0.1, 0.15) is 22.8 Å². The third-order valence-corrected chi connectivity index (χ3v) is 3.78. The molecule has 0 aromatic heterocycles. The van der Waals surface area contributed by atoms with E-state index in [1.165, 1.54) is 5.56 Å². The lowest BCUT2D eigenvalue weighted by molar-refractivity contribution is 0.0694. The molecular weight excluding hydrogens is 268 g/mol. The van der Waals surface area contributed by atoms with Crippen molar-refractivity contribution in [2.24, 2.45) is 0 Å². The number of methoxy groups -OCH3 is 2. The van der Waals surface area contributed by atoms with E-state index in [1.54, 1.807) is 26.4 Å². The lowest BCUT2D eigenvalue weighted by Gasteiger charge is -2.27. The second-order valence-electron chi connectivity index (χ2n) is 5.00. The molecule has 1 aliphatic heterocycles. The van der Waals surface area contributed by atoms with Gasteiger partial charge in [-0.2, -0.15) is 0 Å². The first-order chi connectivity index (χ1) is 10.2. The summed E-state index contributed by atoms with van der Waals surface area (Å²) in [5.74, 6) is 1.69. The van der Waals surface area contributed by atoms with E-state index in [1.807, 2.05) is 24.3 Å². The van der Waals surface area contributed by atoms with Crippen LogP contribution in [0.15, 0.2) is 36.4 Å². The van der Waals surface area contributed by atoms with E-state index in [9.17, 15) is 5.11 Å². The van der Waals surface area contributed by atoms with Gasteiger partial charge in [0.15, 0.2) is 11.5 Å². The Morgan fingerprint density at radius 1 is 1.05 bits per heavy atom. The Balaban J connectivity index is 2.06. The summed E-state index contributed by atoms with van der Waals surface area (Å²) in [6, 6.07) is 11.1. The fourth-order valence-electron chi connectivity index (χ4n) is 2.70. The number of benzene rings is 2. The highest BCUT2D eigenvalue weighted by Gasteiger charge is 2.25. The largest absolute Gasteiger partial charge is 0.508 e. The van der Waals surface area contributed by atoms with Gasteiger partial charge >= 0.3 is 0 Å². The van der Waals surface area contributed by atoms with Crippen molar-refractivity contribution in [2.75, 3.05) is 20.8 Å². The Hall–Kier alpha value is -2.20. The van der Waals surface area contributed by atoms with E-state index in [-0.39, 0.29) is 11.9 Å². The van der Waals surface area contributed by atoms with Gasteiger partial charge in [0.05, 0.1) is 20.8 Å². The van der Waals surface area contributed by atoms with Gasteiger partial charge in [-0.15, -0.1) is 0 Å². The van der Waals surface area contributed by atoms with Crippen LogP contribution >= 0.6 is 0 Å². The molecular formula is C17H18O4. The number of rotatable bonds is 3. The summed E-state index contributed by atoms with van der Waals surface area (Å²) in [7, 11) is 3.27. The van der Waals surface area contributed by atoms with Gasteiger partial charge in [-0.05, 0) is 47.4 Å². The number of fused-ring (bicyclic) bond motifs is 1. The summed E-state index contributed by atoms with van der Waals surface area (Å²) in [5, 5.41) is 9.42. The molecule has 0 amide bonds. The number of ether oxygens (including phenoxy) is 3. The molecule has 1 heterocycles. The second kappa shape index (κ2) is 5.66. The zero-order chi connectivity index (χ0) is 14.8. The summed E-state index contributed by atoms with van der Waals surface area (Å²) in [6.45, 7) is 0.661. The maximum Gasteiger partial charge on any atom is 0.161 e. The highest BCUT2D eigenvalue weighted by molar-refractivity contribution is 5.51. The minimum absolute atomic E-state index is 0.144. The molecule has 1 unspecified atom stereocenters. The van der Waals surface area contributed by atoms with Crippen LogP contribution in [0.3, 0.4) is 0 Å². The predicted octanol–water partition coefficient (Wildman–Crippen LogP) is 3.07. The third-order valence-electron chi connectivity index (χ3n) is 3.78. The van der Waals surface area contributed by atoms with E-state index in [2.05, 4.69) is 0 Å². The molecule has 2 aromatic carbocycles. The van der Waals surface area contributed by atoms with Gasteiger partial charge in [0, 0.05) is 0 Å². The minimum atomic E-state index is -0.144. The minimum Gasteiger partial charge on any atom is -0.508 e. The molecule has 1 aliphatic rings. The van der Waals surface area contributed by atoms with Gasteiger partial charge in [-0.1, -0.05) is 12.1 Å². The van der Waals surface area contributed by atoms with E-state index in [0.717, 1.165) is 23.3 Å². The number of hydrogen-bond acceptors (Lipinski definition) is 4. The Bertz CT molecular complexity index is 634. The van der Waals surface area contributed by atoms with Gasteiger partial charge in [-0.25, -0.2) is 0 Å². The monoisotopic (exact) mass is 286 g/mol. The van der Waals surface area contributed by atoms with Crippen LogP contribution in [-0.2, 0) is 11.2 Å². The lowest BCUT2D eigenvalue weighted by Crippen LogP contribution is -2.17. The average molecular weight is 286 g/mol. The van der Waals surface area contributed by atoms with Gasteiger partial charge < -0.3 is 19.3 Å². The maximum absolute atomic E-state index is 9.42. The van der Waals surface area contributed by atoms with Crippen LogP contribution in [0.25, 0.3) is 0 Å². The van der Waals surface area contributed by atoms with Crippen molar-refractivity contribution >= 4 is 0 Å². The molecule has 0 radical (unpaired) electrons. The molecule has 2 aromatic rings. The van der Waals surface area contributed by atoms with Crippen molar-refractivity contribution < 1.29 is 19.3 Å². The van der Waals surface area contributed by atoms with Crippen molar-refractivity contribution in [1.29, 1.82) is 0 Å². The van der Waals surface area contributed by atoms with Crippen molar-refractivity contribution in [2.45, 2.75) is 12.5 Å². The Labute approximate surface area is 123 Å².